The van der Waals surface area contributed by atoms with Gasteiger partial charge in [0.05, 0.1) is 18.0 Å². The van der Waals surface area contributed by atoms with Gasteiger partial charge in [-0.2, -0.15) is 18.3 Å². The van der Waals surface area contributed by atoms with Crippen molar-refractivity contribution >= 4 is 11.7 Å². The fraction of sp³-hybridized carbons (Fsp3) is 0.600. The standard InChI is InChI=1S/C20H23F3N6O/c21-20(22,23)17-14(9-29(28-17)16-8-25-7-15(24)27-16)18(30)26-10-19-4-11-1-12(5-19)3-13(2-11)6-19/h7-9,11-13H,1-6,10H2,(H2,24,27)(H,26,30). The first-order valence-corrected chi connectivity index (χ1v) is 10.2. The van der Waals surface area contributed by atoms with Gasteiger partial charge >= 0.3 is 6.18 Å². The molecule has 4 fully saturated rings. The average molecular weight is 420 g/mol. The van der Waals surface area contributed by atoms with E-state index in [-0.39, 0.29) is 17.1 Å². The predicted molar refractivity (Wildman–Crippen MR) is 102 cm³/mol. The summed E-state index contributed by atoms with van der Waals surface area (Å²) in [5, 5.41) is 6.35. The number of nitrogens with one attached hydrogen (secondary N) is 1. The zero-order chi connectivity index (χ0) is 21.1. The molecule has 0 atom stereocenters. The van der Waals surface area contributed by atoms with Gasteiger partial charge in [0.1, 0.15) is 5.82 Å². The molecule has 2 heterocycles. The van der Waals surface area contributed by atoms with E-state index < -0.39 is 23.3 Å². The monoisotopic (exact) mass is 420 g/mol. The molecule has 4 bridgehead atoms. The molecule has 2 aromatic rings. The van der Waals surface area contributed by atoms with Crippen LogP contribution in [0.2, 0.25) is 0 Å². The number of alkyl halides is 3. The predicted octanol–water partition coefficient (Wildman–Crippen LogP) is 3.21. The summed E-state index contributed by atoms with van der Waals surface area (Å²) in [6.45, 7) is 0.413. The minimum absolute atomic E-state index is 0.0145. The molecule has 10 heteroatoms. The molecule has 7 nitrogen and oxygen atoms in total. The van der Waals surface area contributed by atoms with Gasteiger partial charge in [-0.1, -0.05) is 0 Å². The first-order valence-electron chi connectivity index (χ1n) is 10.2. The van der Waals surface area contributed by atoms with Crippen molar-refractivity contribution in [1.82, 2.24) is 25.1 Å². The molecule has 0 spiro atoms. The molecule has 0 unspecified atom stereocenters. The number of hydrogen-bond donors (Lipinski definition) is 2. The summed E-state index contributed by atoms with van der Waals surface area (Å²) in [7, 11) is 0. The quantitative estimate of drug-likeness (QED) is 0.791. The lowest BCUT2D eigenvalue weighted by Crippen LogP contribution is -2.51. The summed E-state index contributed by atoms with van der Waals surface area (Å²) in [5.41, 5.74) is 3.83. The van der Waals surface area contributed by atoms with Crippen molar-refractivity contribution in [2.45, 2.75) is 44.7 Å². The van der Waals surface area contributed by atoms with Crippen molar-refractivity contribution in [2.75, 3.05) is 12.3 Å². The minimum Gasteiger partial charge on any atom is -0.382 e. The Morgan fingerprint density at radius 1 is 1.17 bits per heavy atom. The summed E-state index contributed by atoms with van der Waals surface area (Å²) in [4.78, 5) is 20.5. The summed E-state index contributed by atoms with van der Waals surface area (Å²) in [6.07, 6.45) is 5.75. The molecule has 4 aliphatic rings. The second-order valence-electron chi connectivity index (χ2n) is 9.24. The van der Waals surface area contributed by atoms with Crippen LogP contribution in [0, 0.1) is 23.2 Å². The Morgan fingerprint density at radius 2 is 1.80 bits per heavy atom. The van der Waals surface area contributed by atoms with E-state index in [0.29, 0.717) is 24.3 Å². The zero-order valence-electron chi connectivity index (χ0n) is 16.3. The Labute approximate surface area is 171 Å². The Kier molecular flexibility index (Phi) is 4.30. The van der Waals surface area contributed by atoms with Gasteiger partial charge in [-0.15, -0.1) is 0 Å². The van der Waals surface area contributed by atoms with Crippen LogP contribution in [-0.4, -0.2) is 32.2 Å². The Morgan fingerprint density at radius 3 is 2.37 bits per heavy atom. The molecule has 1 amide bonds. The molecule has 30 heavy (non-hydrogen) atoms. The topological polar surface area (TPSA) is 98.7 Å². The highest BCUT2D eigenvalue weighted by molar-refractivity contribution is 5.95. The molecule has 4 aliphatic carbocycles. The van der Waals surface area contributed by atoms with E-state index in [9.17, 15) is 18.0 Å². The largest absolute Gasteiger partial charge is 0.435 e. The van der Waals surface area contributed by atoms with Crippen molar-refractivity contribution in [2.24, 2.45) is 23.2 Å². The molecule has 6 rings (SSSR count). The molecule has 160 valence electrons. The van der Waals surface area contributed by atoms with Crippen molar-refractivity contribution in [3.8, 4) is 5.82 Å². The molecular weight excluding hydrogens is 397 g/mol. The number of anilines is 1. The van der Waals surface area contributed by atoms with E-state index >= 15 is 0 Å². The smallest absolute Gasteiger partial charge is 0.382 e. The number of rotatable bonds is 4. The third-order valence-corrected chi connectivity index (χ3v) is 6.89. The molecule has 3 N–H and O–H groups in total. The highest BCUT2D eigenvalue weighted by atomic mass is 19.4. The number of nitrogens with two attached hydrogens (primary N) is 1. The second-order valence-corrected chi connectivity index (χ2v) is 9.24. The second kappa shape index (κ2) is 6.68. The number of hydrogen-bond acceptors (Lipinski definition) is 5. The maximum absolute atomic E-state index is 13.6. The molecule has 0 saturated heterocycles. The van der Waals surface area contributed by atoms with Crippen LogP contribution in [0.15, 0.2) is 18.6 Å². The first-order chi connectivity index (χ1) is 14.2. The number of nitrogen functional groups attached to an aromatic ring is 1. The van der Waals surface area contributed by atoms with Crippen LogP contribution < -0.4 is 11.1 Å². The lowest BCUT2D eigenvalue weighted by atomic mass is 9.49. The van der Waals surface area contributed by atoms with Gasteiger partial charge in [0.25, 0.3) is 5.91 Å². The first kappa shape index (κ1) is 19.3. The van der Waals surface area contributed by atoms with E-state index in [1.165, 1.54) is 31.7 Å². The van der Waals surface area contributed by atoms with Crippen LogP contribution in [0.5, 0.6) is 0 Å². The summed E-state index contributed by atoms with van der Waals surface area (Å²) in [5.74, 6) is 1.39. The summed E-state index contributed by atoms with van der Waals surface area (Å²) >= 11 is 0. The van der Waals surface area contributed by atoms with Gasteiger partial charge in [-0.3, -0.25) is 9.78 Å². The number of carbonyl (C=O) groups excluding carboxylic acids is 1. The Bertz CT molecular complexity index is 950. The van der Waals surface area contributed by atoms with Gasteiger partial charge in [-0.05, 0) is 61.7 Å². The zero-order valence-corrected chi connectivity index (χ0v) is 16.3. The summed E-state index contributed by atoms with van der Waals surface area (Å²) in [6, 6.07) is 0. The number of nitrogens with zero attached hydrogens (tertiary/aromatic N) is 4. The molecule has 0 aliphatic heterocycles. The van der Waals surface area contributed by atoms with Crippen LogP contribution in [0.25, 0.3) is 5.82 Å². The van der Waals surface area contributed by atoms with Gasteiger partial charge in [0.2, 0.25) is 0 Å². The van der Waals surface area contributed by atoms with Crippen LogP contribution in [0.4, 0.5) is 19.0 Å². The third-order valence-electron chi connectivity index (χ3n) is 6.89. The van der Waals surface area contributed by atoms with Gasteiger partial charge in [0.15, 0.2) is 11.5 Å². The fourth-order valence-electron chi connectivity index (χ4n) is 6.22. The SMILES string of the molecule is Nc1cncc(-n2cc(C(=O)NCC34CC5CC(CC(C5)C3)C4)c(C(F)(F)F)n2)n1. The van der Waals surface area contributed by atoms with Crippen molar-refractivity contribution in [3.63, 3.8) is 0 Å². The van der Waals surface area contributed by atoms with E-state index in [4.69, 9.17) is 5.73 Å². The van der Waals surface area contributed by atoms with E-state index in [0.717, 1.165) is 30.1 Å². The van der Waals surface area contributed by atoms with E-state index in [1.54, 1.807) is 0 Å². The van der Waals surface area contributed by atoms with E-state index in [1.807, 2.05) is 0 Å². The summed E-state index contributed by atoms with van der Waals surface area (Å²) < 4.78 is 41.6. The number of amides is 1. The molecule has 0 radical (unpaired) electrons. The fourth-order valence-corrected chi connectivity index (χ4v) is 6.22. The maximum Gasteiger partial charge on any atom is 0.435 e. The minimum atomic E-state index is -4.77. The Hall–Kier alpha value is -2.65. The number of aromatic nitrogens is 4. The molecular formula is C20H23F3N6O. The van der Waals surface area contributed by atoms with Crippen LogP contribution in [-0.2, 0) is 6.18 Å². The lowest BCUT2D eigenvalue weighted by molar-refractivity contribution is -0.141. The molecule has 0 aromatic carbocycles. The molecule has 4 saturated carbocycles. The van der Waals surface area contributed by atoms with Gasteiger partial charge < -0.3 is 11.1 Å². The number of carbonyl (C=O) groups is 1. The highest BCUT2D eigenvalue weighted by Crippen LogP contribution is 2.59. The van der Waals surface area contributed by atoms with Crippen LogP contribution in [0.3, 0.4) is 0 Å². The van der Waals surface area contributed by atoms with Crippen molar-refractivity contribution in [1.29, 1.82) is 0 Å². The van der Waals surface area contributed by atoms with Crippen LogP contribution in [0.1, 0.15) is 54.6 Å². The third kappa shape index (κ3) is 3.41. The van der Waals surface area contributed by atoms with Gasteiger partial charge in [0, 0.05) is 12.7 Å². The van der Waals surface area contributed by atoms with Crippen LogP contribution >= 0.6 is 0 Å². The Balaban J connectivity index is 1.38. The lowest BCUT2D eigenvalue weighted by Gasteiger charge is -2.56. The van der Waals surface area contributed by atoms with E-state index in [2.05, 4.69) is 20.4 Å². The maximum atomic E-state index is 13.6. The molecule has 2 aromatic heterocycles. The highest BCUT2D eigenvalue weighted by Gasteiger charge is 2.51. The van der Waals surface area contributed by atoms with Crippen molar-refractivity contribution < 1.29 is 18.0 Å². The van der Waals surface area contributed by atoms with Crippen molar-refractivity contribution in [3.05, 3.63) is 29.8 Å². The van der Waals surface area contributed by atoms with Gasteiger partial charge in [-0.25, -0.2) is 9.67 Å². The number of halogens is 3. The average Bonchev–Trinajstić information content (AvgIpc) is 3.11. The normalized spacial score (nSPS) is 29.9.